The molecule has 2 amide bonds. The van der Waals surface area contributed by atoms with E-state index >= 15 is 0 Å². The third-order valence-electron chi connectivity index (χ3n) is 4.44. The molecule has 0 radical (unpaired) electrons. The number of benzene rings is 1. The summed E-state index contributed by atoms with van der Waals surface area (Å²) >= 11 is 1.78. The molecule has 0 unspecified atom stereocenters. The van der Waals surface area contributed by atoms with E-state index in [2.05, 4.69) is 17.4 Å². The highest BCUT2D eigenvalue weighted by molar-refractivity contribution is 7.99. The minimum Gasteiger partial charge on any atom is -0.459 e. The van der Waals surface area contributed by atoms with Crippen LogP contribution < -0.4 is 5.32 Å². The molecule has 138 valence electrons. The number of furan rings is 1. The van der Waals surface area contributed by atoms with Gasteiger partial charge in [0.25, 0.3) is 5.91 Å². The van der Waals surface area contributed by atoms with Crippen molar-refractivity contribution in [2.24, 2.45) is 0 Å². The number of carbonyl (C=O) groups is 2. The molecule has 1 aromatic heterocycles. The van der Waals surface area contributed by atoms with Crippen LogP contribution in [0.3, 0.4) is 0 Å². The van der Waals surface area contributed by atoms with Crippen molar-refractivity contribution < 1.29 is 14.0 Å². The summed E-state index contributed by atoms with van der Waals surface area (Å²) in [6.45, 7) is 1.29. The molecule has 3 rings (SSSR count). The van der Waals surface area contributed by atoms with Gasteiger partial charge < -0.3 is 14.6 Å². The summed E-state index contributed by atoms with van der Waals surface area (Å²) in [5, 5.41) is 3.10. The molecular weight excluding hydrogens is 348 g/mol. The first-order valence-electron chi connectivity index (χ1n) is 9.02. The molecule has 1 aliphatic heterocycles. The van der Waals surface area contributed by atoms with Crippen molar-refractivity contribution >= 4 is 23.6 Å². The zero-order chi connectivity index (χ0) is 18.2. The summed E-state index contributed by atoms with van der Waals surface area (Å²) in [6, 6.07) is 13.8. The number of piperidine rings is 1. The monoisotopic (exact) mass is 372 g/mol. The van der Waals surface area contributed by atoms with Crippen LogP contribution in [0.1, 0.15) is 36.2 Å². The molecule has 2 aromatic rings. The van der Waals surface area contributed by atoms with Crippen molar-refractivity contribution in [2.75, 3.05) is 18.8 Å². The third kappa shape index (κ3) is 5.39. The van der Waals surface area contributed by atoms with Gasteiger partial charge in [0.2, 0.25) is 5.91 Å². The third-order valence-corrected chi connectivity index (χ3v) is 5.54. The zero-order valence-electron chi connectivity index (χ0n) is 14.7. The Labute approximate surface area is 158 Å². The second kappa shape index (κ2) is 9.48. The van der Waals surface area contributed by atoms with E-state index in [1.54, 1.807) is 28.8 Å². The quantitative estimate of drug-likeness (QED) is 0.596. The average molecular weight is 372 g/mol. The predicted octanol–water partition coefficient (Wildman–Crippen LogP) is 3.57. The number of nitrogens with one attached hydrogen (secondary N) is 1. The maximum absolute atomic E-state index is 12.2. The van der Waals surface area contributed by atoms with E-state index in [0.29, 0.717) is 25.3 Å². The number of carbonyl (C=O) groups excluding carboxylic acids is 2. The van der Waals surface area contributed by atoms with Crippen molar-refractivity contribution in [1.29, 1.82) is 0 Å². The molecule has 6 heteroatoms. The van der Waals surface area contributed by atoms with E-state index in [9.17, 15) is 9.59 Å². The lowest BCUT2D eigenvalue weighted by Crippen LogP contribution is -2.46. The van der Waals surface area contributed by atoms with Crippen molar-refractivity contribution in [3.05, 3.63) is 54.5 Å². The minimum atomic E-state index is -0.0716. The Hall–Kier alpha value is -2.21. The van der Waals surface area contributed by atoms with Crippen LogP contribution in [0, 0.1) is 0 Å². The summed E-state index contributed by atoms with van der Waals surface area (Å²) in [7, 11) is 0. The van der Waals surface area contributed by atoms with Gasteiger partial charge in [-0.15, -0.1) is 11.8 Å². The van der Waals surface area contributed by atoms with Crippen LogP contribution >= 0.6 is 11.8 Å². The lowest BCUT2D eigenvalue weighted by Gasteiger charge is -2.31. The molecule has 1 fully saturated rings. The Balaban J connectivity index is 1.31. The minimum absolute atomic E-state index is 0.0716. The fraction of sp³-hybridized carbons (Fsp3) is 0.400. The number of hydrogen-bond donors (Lipinski definition) is 1. The Morgan fingerprint density at radius 1 is 1.12 bits per heavy atom. The summed E-state index contributed by atoms with van der Waals surface area (Å²) in [4.78, 5) is 27.4. The van der Waals surface area contributed by atoms with E-state index in [4.69, 9.17) is 4.42 Å². The first-order chi connectivity index (χ1) is 12.7. The predicted molar refractivity (Wildman–Crippen MR) is 102 cm³/mol. The highest BCUT2D eigenvalue weighted by Crippen LogP contribution is 2.19. The second-order valence-electron chi connectivity index (χ2n) is 6.38. The van der Waals surface area contributed by atoms with Crippen molar-refractivity contribution in [3.63, 3.8) is 0 Å². The average Bonchev–Trinajstić information content (AvgIpc) is 3.21. The molecule has 2 heterocycles. The number of hydrogen-bond acceptors (Lipinski definition) is 4. The van der Waals surface area contributed by atoms with Crippen LogP contribution in [0.2, 0.25) is 0 Å². The summed E-state index contributed by atoms with van der Waals surface area (Å²) < 4.78 is 5.16. The molecule has 0 atom stereocenters. The molecule has 1 saturated heterocycles. The Morgan fingerprint density at radius 3 is 2.58 bits per heavy atom. The second-order valence-corrected chi connectivity index (χ2v) is 7.54. The van der Waals surface area contributed by atoms with Gasteiger partial charge >= 0.3 is 0 Å². The first kappa shape index (κ1) is 18.6. The molecular formula is C20H24N2O3S. The normalized spacial score (nSPS) is 15.0. The van der Waals surface area contributed by atoms with Gasteiger partial charge in [-0.2, -0.15) is 0 Å². The number of nitrogens with zero attached hydrogens (tertiary/aromatic N) is 1. The van der Waals surface area contributed by atoms with Gasteiger partial charge in [-0.3, -0.25) is 9.59 Å². The summed E-state index contributed by atoms with van der Waals surface area (Å²) in [5.74, 6) is 1.35. The Morgan fingerprint density at radius 2 is 1.88 bits per heavy atom. The topological polar surface area (TPSA) is 62.6 Å². The lowest BCUT2D eigenvalue weighted by molar-refractivity contribution is -0.122. The van der Waals surface area contributed by atoms with Crippen LogP contribution in [-0.2, 0) is 4.79 Å². The van der Waals surface area contributed by atoms with E-state index in [0.717, 1.165) is 25.0 Å². The van der Waals surface area contributed by atoms with Gasteiger partial charge in [0.1, 0.15) is 0 Å². The molecule has 0 aliphatic carbocycles. The molecule has 1 aromatic carbocycles. The van der Waals surface area contributed by atoms with Crippen LogP contribution in [0.5, 0.6) is 0 Å². The van der Waals surface area contributed by atoms with E-state index < -0.39 is 0 Å². The number of rotatable bonds is 7. The zero-order valence-corrected chi connectivity index (χ0v) is 15.5. The highest BCUT2D eigenvalue weighted by atomic mass is 32.2. The van der Waals surface area contributed by atoms with Gasteiger partial charge in [0, 0.05) is 30.4 Å². The smallest absolute Gasteiger partial charge is 0.289 e. The van der Waals surface area contributed by atoms with Crippen LogP contribution in [-0.4, -0.2) is 41.6 Å². The SMILES string of the molecule is O=C(CCCSc1ccccc1)NC1CCN(C(=O)c2ccco2)CC1. The Kier molecular flexibility index (Phi) is 6.77. The van der Waals surface area contributed by atoms with E-state index in [1.807, 2.05) is 18.2 Å². The van der Waals surface area contributed by atoms with Crippen molar-refractivity contribution in [3.8, 4) is 0 Å². The summed E-state index contributed by atoms with van der Waals surface area (Å²) in [5.41, 5.74) is 0. The van der Waals surface area contributed by atoms with Gasteiger partial charge in [0.05, 0.1) is 6.26 Å². The van der Waals surface area contributed by atoms with Crippen LogP contribution in [0.25, 0.3) is 0 Å². The first-order valence-corrected chi connectivity index (χ1v) is 10.0. The Bertz CT molecular complexity index is 695. The molecule has 1 N–H and O–H groups in total. The molecule has 0 spiro atoms. The molecule has 0 saturated carbocycles. The lowest BCUT2D eigenvalue weighted by atomic mass is 10.0. The fourth-order valence-electron chi connectivity index (χ4n) is 3.02. The van der Waals surface area contributed by atoms with Gasteiger partial charge in [0.15, 0.2) is 5.76 Å². The van der Waals surface area contributed by atoms with Gasteiger partial charge in [-0.25, -0.2) is 0 Å². The van der Waals surface area contributed by atoms with Crippen LogP contribution in [0.15, 0.2) is 58.0 Å². The molecule has 26 heavy (non-hydrogen) atoms. The van der Waals surface area contributed by atoms with Crippen molar-refractivity contribution in [2.45, 2.75) is 36.6 Å². The largest absolute Gasteiger partial charge is 0.459 e. The van der Waals surface area contributed by atoms with Crippen molar-refractivity contribution in [1.82, 2.24) is 10.2 Å². The molecule has 0 bridgehead atoms. The molecule has 5 nitrogen and oxygen atoms in total. The highest BCUT2D eigenvalue weighted by Gasteiger charge is 2.25. The number of amides is 2. The van der Waals surface area contributed by atoms with E-state index in [-0.39, 0.29) is 17.9 Å². The van der Waals surface area contributed by atoms with Gasteiger partial charge in [-0.1, -0.05) is 18.2 Å². The standard InChI is InChI=1S/C20H24N2O3S/c23-19(9-5-15-26-17-6-2-1-3-7-17)21-16-10-12-22(13-11-16)20(24)18-8-4-14-25-18/h1-4,6-8,14,16H,5,9-13,15H2,(H,21,23). The van der Waals surface area contributed by atoms with Gasteiger partial charge in [-0.05, 0) is 49.3 Å². The van der Waals surface area contributed by atoms with Crippen LogP contribution in [0.4, 0.5) is 0 Å². The molecule has 1 aliphatic rings. The number of thioether (sulfide) groups is 1. The number of likely N-dealkylation sites (tertiary alicyclic amines) is 1. The summed E-state index contributed by atoms with van der Waals surface area (Å²) in [6.07, 6.45) is 4.50. The maximum atomic E-state index is 12.2. The van der Waals surface area contributed by atoms with E-state index in [1.165, 1.54) is 11.2 Å². The maximum Gasteiger partial charge on any atom is 0.289 e. The fourth-order valence-corrected chi connectivity index (χ4v) is 3.90.